The molecule has 32 heavy (non-hydrogen) atoms. The highest BCUT2D eigenvalue weighted by molar-refractivity contribution is 7.73. The van der Waals surface area contributed by atoms with Gasteiger partial charge in [-0.15, -0.1) is 0 Å². The van der Waals surface area contributed by atoms with Crippen molar-refractivity contribution >= 4 is 26.5 Å². The molecule has 0 aliphatic carbocycles. The molecule has 0 saturated heterocycles. The molecular formula is C18H32O12P2. The summed E-state index contributed by atoms with van der Waals surface area (Å²) in [5, 5.41) is 119. The zero-order chi connectivity index (χ0) is 24.6. The van der Waals surface area contributed by atoms with Crippen LogP contribution in [0.25, 0.3) is 0 Å². The van der Waals surface area contributed by atoms with E-state index in [4.69, 9.17) is 0 Å². The second-order valence-electron chi connectivity index (χ2n) is 6.96. The van der Waals surface area contributed by atoms with E-state index >= 15 is 0 Å². The Kier molecular flexibility index (Phi) is 13.1. The first-order valence-electron chi connectivity index (χ1n) is 9.60. The van der Waals surface area contributed by atoms with Crippen LogP contribution in [-0.2, 0) is 0 Å². The summed E-state index contributed by atoms with van der Waals surface area (Å²) >= 11 is 0. The maximum Gasteiger partial charge on any atom is 0.108 e. The van der Waals surface area contributed by atoms with Crippen molar-refractivity contribution < 1.29 is 61.3 Å². The van der Waals surface area contributed by atoms with Crippen LogP contribution in [0.15, 0.2) is 24.3 Å². The lowest BCUT2D eigenvalue weighted by molar-refractivity contribution is 0.00878. The molecule has 1 aromatic carbocycles. The third kappa shape index (κ3) is 7.05. The van der Waals surface area contributed by atoms with Crippen molar-refractivity contribution in [2.75, 3.05) is 26.4 Å². The van der Waals surface area contributed by atoms with Gasteiger partial charge in [0.25, 0.3) is 0 Å². The van der Waals surface area contributed by atoms with Gasteiger partial charge in [0.2, 0.25) is 0 Å². The first kappa shape index (κ1) is 29.6. The van der Waals surface area contributed by atoms with Crippen LogP contribution in [0.3, 0.4) is 0 Å². The molecule has 12 nitrogen and oxygen atoms in total. The van der Waals surface area contributed by atoms with E-state index in [2.05, 4.69) is 0 Å². The first-order valence-corrected chi connectivity index (χ1v) is 12.6. The van der Waals surface area contributed by atoms with E-state index in [1.54, 1.807) is 0 Å². The van der Waals surface area contributed by atoms with Crippen LogP contribution in [0.5, 0.6) is 0 Å². The fraction of sp³-hybridized carbons (Fsp3) is 0.667. The highest BCUT2D eigenvalue weighted by atomic mass is 31.1. The number of aliphatic hydroxyl groups excluding tert-OH is 12. The quantitative estimate of drug-likeness (QED) is 0.107. The minimum Gasteiger partial charge on any atom is -0.394 e. The van der Waals surface area contributed by atoms with Gasteiger partial charge in [-0.2, -0.15) is 0 Å². The van der Waals surface area contributed by atoms with Crippen LogP contribution in [0, 0.1) is 0 Å². The minimum absolute atomic E-state index is 0.0157. The summed E-state index contributed by atoms with van der Waals surface area (Å²) in [7, 11) is -4.84. The third-order valence-corrected chi connectivity index (χ3v) is 10.4. The minimum atomic E-state index is -2.42. The van der Waals surface area contributed by atoms with Gasteiger partial charge in [0.05, 0.1) is 26.4 Å². The van der Waals surface area contributed by atoms with E-state index in [-0.39, 0.29) is 10.6 Å². The van der Waals surface area contributed by atoms with Crippen LogP contribution in [0.4, 0.5) is 0 Å². The molecule has 1 rings (SSSR count). The van der Waals surface area contributed by atoms with E-state index in [0.29, 0.717) is 0 Å². The van der Waals surface area contributed by atoms with Crippen LogP contribution in [0.1, 0.15) is 0 Å². The van der Waals surface area contributed by atoms with Gasteiger partial charge >= 0.3 is 0 Å². The Morgan fingerprint density at radius 1 is 0.469 bits per heavy atom. The maximum atomic E-state index is 10.6. The van der Waals surface area contributed by atoms with E-state index in [0.717, 1.165) is 0 Å². The molecule has 0 radical (unpaired) electrons. The lowest BCUT2D eigenvalue weighted by Crippen LogP contribution is -2.45. The molecular weight excluding hydrogens is 470 g/mol. The average molecular weight is 502 g/mol. The highest BCUT2D eigenvalue weighted by Gasteiger charge is 2.42. The van der Waals surface area contributed by atoms with Gasteiger partial charge in [-0.05, 0) is 26.5 Å². The summed E-state index contributed by atoms with van der Waals surface area (Å²) in [6.07, 6.45) is -7.05. The summed E-state index contributed by atoms with van der Waals surface area (Å²) < 4.78 is 0. The molecule has 14 heteroatoms. The average Bonchev–Trinajstić information content (AvgIpc) is 2.82. The van der Waals surface area contributed by atoms with Crippen molar-refractivity contribution in [3.63, 3.8) is 0 Å². The molecule has 1 aromatic rings. The molecule has 0 amide bonds. The van der Waals surface area contributed by atoms with E-state index < -0.39 is 90.1 Å². The molecule has 186 valence electrons. The van der Waals surface area contributed by atoms with Crippen molar-refractivity contribution in [1.29, 1.82) is 0 Å². The molecule has 12 N–H and O–H groups in total. The van der Waals surface area contributed by atoms with Crippen LogP contribution in [-0.4, -0.2) is 136 Å². The lowest BCUT2D eigenvalue weighted by atomic mass is 10.4. The van der Waals surface area contributed by atoms with E-state index in [1.165, 1.54) is 24.3 Å². The molecule has 0 saturated carbocycles. The molecule has 8 unspecified atom stereocenters. The highest BCUT2D eigenvalue weighted by Crippen LogP contribution is 2.51. The molecule has 0 spiro atoms. The monoisotopic (exact) mass is 502 g/mol. The number of rotatable bonds is 14. The number of hydrogen-bond donors (Lipinski definition) is 12. The summed E-state index contributed by atoms with van der Waals surface area (Å²) in [4.78, 5) is 0. The Bertz CT molecular complexity index is 584. The smallest absolute Gasteiger partial charge is 0.108 e. The van der Waals surface area contributed by atoms with Crippen LogP contribution < -0.4 is 10.6 Å². The van der Waals surface area contributed by atoms with Crippen molar-refractivity contribution in [3.8, 4) is 0 Å². The molecule has 0 aliphatic rings. The molecule has 0 heterocycles. The Hall–Kier alpha value is -0.400. The van der Waals surface area contributed by atoms with Crippen LogP contribution >= 0.6 is 15.8 Å². The van der Waals surface area contributed by atoms with Gasteiger partial charge in [0.1, 0.15) is 47.8 Å². The van der Waals surface area contributed by atoms with Gasteiger partial charge in [0, 0.05) is 0 Å². The van der Waals surface area contributed by atoms with Crippen molar-refractivity contribution in [3.05, 3.63) is 24.3 Å². The summed E-state index contributed by atoms with van der Waals surface area (Å²) in [6.45, 7) is -3.62. The zero-order valence-electron chi connectivity index (χ0n) is 17.0. The standard InChI is InChI=1S/C18H32O12P2/c19-5-9(23)15(27)31(16(28)10(24)6-20)13-3-1-2-4-14(13)32(17(29)11(25)7-21)18(30)12(26)8-22/h1-4,9-12,15-30H,5-8H2. The van der Waals surface area contributed by atoms with Crippen molar-refractivity contribution in [2.24, 2.45) is 0 Å². The van der Waals surface area contributed by atoms with Gasteiger partial charge in [-0.1, -0.05) is 24.3 Å². The Labute approximate surface area is 186 Å². The predicted octanol–water partition coefficient (Wildman–Crippen LogP) is -5.41. The maximum absolute atomic E-state index is 10.6. The summed E-state index contributed by atoms with van der Waals surface area (Å²) in [6, 6.07) is 5.57. The number of hydrogen-bond acceptors (Lipinski definition) is 12. The van der Waals surface area contributed by atoms with Gasteiger partial charge in [-0.25, -0.2) is 0 Å². The Morgan fingerprint density at radius 3 is 0.875 bits per heavy atom. The lowest BCUT2D eigenvalue weighted by Gasteiger charge is -2.38. The summed E-state index contributed by atoms with van der Waals surface area (Å²) in [5.41, 5.74) is 0. The van der Waals surface area contributed by atoms with Gasteiger partial charge in [-0.3, -0.25) is 0 Å². The zero-order valence-corrected chi connectivity index (χ0v) is 18.8. The summed E-state index contributed by atoms with van der Waals surface area (Å²) in [5.74, 6) is -7.32. The number of aliphatic hydroxyl groups is 12. The van der Waals surface area contributed by atoms with Crippen molar-refractivity contribution in [2.45, 2.75) is 47.8 Å². The molecule has 8 atom stereocenters. The molecule has 0 fully saturated rings. The number of benzene rings is 1. The molecule has 0 bridgehead atoms. The Morgan fingerprint density at radius 2 is 0.688 bits per heavy atom. The van der Waals surface area contributed by atoms with E-state index in [9.17, 15) is 61.3 Å². The predicted molar refractivity (Wildman–Crippen MR) is 116 cm³/mol. The van der Waals surface area contributed by atoms with Crippen LogP contribution in [0.2, 0.25) is 0 Å². The molecule has 0 aliphatic heterocycles. The third-order valence-electron chi connectivity index (χ3n) is 4.70. The largest absolute Gasteiger partial charge is 0.394 e. The molecule has 0 aromatic heterocycles. The SMILES string of the molecule is OCC(O)C(O)P(c1ccccc1P(C(O)C(O)CO)C(O)C(O)CO)C(O)C(O)CO. The second kappa shape index (κ2) is 14.1. The fourth-order valence-corrected chi connectivity index (χ4v) is 8.42. The second-order valence-corrected chi connectivity index (χ2v) is 11.7. The van der Waals surface area contributed by atoms with Gasteiger partial charge < -0.3 is 61.3 Å². The topological polar surface area (TPSA) is 243 Å². The van der Waals surface area contributed by atoms with Crippen molar-refractivity contribution in [1.82, 2.24) is 0 Å². The first-order chi connectivity index (χ1) is 15.1. The fourth-order valence-electron chi connectivity index (χ4n) is 2.90. The van der Waals surface area contributed by atoms with Gasteiger partial charge in [0.15, 0.2) is 0 Å². The Balaban J connectivity index is 3.71. The normalized spacial score (nSPS) is 21.6. The van der Waals surface area contributed by atoms with E-state index in [1.807, 2.05) is 0 Å².